The van der Waals surface area contributed by atoms with Crippen molar-refractivity contribution in [2.45, 2.75) is 51.8 Å². The first-order chi connectivity index (χ1) is 8.77. The van der Waals surface area contributed by atoms with Crippen LogP contribution < -0.4 is 5.32 Å². The highest BCUT2D eigenvalue weighted by atomic mass is 35.5. The third-order valence-electron chi connectivity index (χ3n) is 3.32. The lowest BCUT2D eigenvalue weighted by Gasteiger charge is -2.25. The maximum absolute atomic E-state index is 6.31. The monoisotopic (exact) mass is 271 g/mol. The van der Waals surface area contributed by atoms with Crippen molar-refractivity contribution >= 4 is 11.6 Å². The lowest BCUT2D eigenvalue weighted by molar-refractivity contribution is 0.0759. The van der Waals surface area contributed by atoms with Crippen molar-refractivity contribution in [1.29, 1.82) is 0 Å². The largest absolute Gasteiger partial charge is 0.376 e. The number of hydrogen-bond donors (Lipinski definition) is 1. The van der Waals surface area contributed by atoms with E-state index in [0.29, 0.717) is 0 Å². The molecule has 0 saturated carbocycles. The van der Waals surface area contributed by atoms with Crippen LogP contribution in [-0.2, 0) is 11.3 Å². The van der Waals surface area contributed by atoms with Crippen LogP contribution >= 0.6 is 11.6 Å². The summed E-state index contributed by atoms with van der Waals surface area (Å²) in [6, 6.07) is 0.152. The Balaban J connectivity index is 2.25. The van der Waals surface area contributed by atoms with Crippen molar-refractivity contribution in [3.63, 3.8) is 0 Å². The average molecular weight is 272 g/mol. The minimum atomic E-state index is 0.152. The fourth-order valence-corrected chi connectivity index (χ4v) is 2.82. The smallest absolute Gasteiger partial charge is 0.0835 e. The summed E-state index contributed by atoms with van der Waals surface area (Å²) in [5, 5.41) is 8.61. The van der Waals surface area contributed by atoms with Gasteiger partial charge in [0.1, 0.15) is 0 Å². The number of ether oxygens (including phenoxy) is 1. The van der Waals surface area contributed by atoms with Gasteiger partial charge < -0.3 is 10.1 Å². The van der Waals surface area contributed by atoms with Gasteiger partial charge in [-0.1, -0.05) is 25.4 Å². The predicted octanol–water partition coefficient (Wildman–Crippen LogP) is 2.78. The van der Waals surface area contributed by atoms with Crippen molar-refractivity contribution in [1.82, 2.24) is 15.1 Å². The molecule has 0 amide bonds. The molecule has 0 radical (unpaired) electrons. The average Bonchev–Trinajstić information content (AvgIpc) is 2.98. The highest BCUT2D eigenvalue weighted by molar-refractivity contribution is 6.31. The van der Waals surface area contributed by atoms with Gasteiger partial charge in [-0.15, -0.1) is 0 Å². The van der Waals surface area contributed by atoms with E-state index in [9.17, 15) is 0 Å². The first-order valence-electron chi connectivity index (χ1n) is 6.84. The number of aryl methyl sites for hydroxylation is 1. The van der Waals surface area contributed by atoms with Crippen molar-refractivity contribution in [3.05, 3.63) is 16.9 Å². The third-order valence-corrected chi connectivity index (χ3v) is 3.62. The van der Waals surface area contributed by atoms with E-state index in [4.69, 9.17) is 16.3 Å². The first-order valence-corrected chi connectivity index (χ1v) is 7.21. The zero-order valence-corrected chi connectivity index (χ0v) is 11.9. The molecule has 1 aromatic heterocycles. The van der Waals surface area contributed by atoms with Gasteiger partial charge >= 0.3 is 0 Å². The highest BCUT2D eigenvalue weighted by Crippen LogP contribution is 2.31. The van der Waals surface area contributed by atoms with Crippen LogP contribution in [0, 0.1) is 0 Å². The fourth-order valence-electron chi connectivity index (χ4n) is 2.56. The molecule has 1 saturated heterocycles. The van der Waals surface area contributed by atoms with E-state index >= 15 is 0 Å². The Hall–Kier alpha value is -0.580. The van der Waals surface area contributed by atoms with Crippen molar-refractivity contribution in [3.8, 4) is 0 Å². The number of nitrogens with zero attached hydrogens (tertiary/aromatic N) is 2. The van der Waals surface area contributed by atoms with E-state index in [1.807, 2.05) is 4.68 Å². The molecule has 0 spiro atoms. The number of nitrogens with one attached hydrogen (secondary N) is 1. The number of rotatable bonds is 6. The van der Waals surface area contributed by atoms with E-state index in [1.54, 1.807) is 6.20 Å². The molecule has 2 rings (SSSR count). The fraction of sp³-hybridized carbons (Fsp3) is 0.769. The summed E-state index contributed by atoms with van der Waals surface area (Å²) in [5.74, 6) is 0. The molecule has 5 heteroatoms. The molecule has 1 fully saturated rings. The van der Waals surface area contributed by atoms with Gasteiger partial charge in [-0.05, 0) is 25.8 Å². The maximum atomic E-state index is 6.31. The first kappa shape index (κ1) is 13.8. The molecule has 1 aromatic rings. The van der Waals surface area contributed by atoms with Crippen LogP contribution in [-0.4, -0.2) is 29.0 Å². The second-order valence-corrected chi connectivity index (χ2v) is 5.09. The molecular formula is C13H22ClN3O. The number of likely N-dealkylation sites (N-methyl/N-ethyl adjacent to an activating group) is 1. The second kappa shape index (κ2) is 6.55. The number of hydrogen-bond acceptors (Lipinski definition) is 3. The topological polar surface area (TPSA) is 39.1 Å². The molecule has 4 nitrogen and oxygen atoms in total. The summed E-state index contributed by atoms with van der Waals surface area (Å²) in [7, 11) is 0. The van der Waals surface area contributed by atoms with Gasteiger partial charge in [0.05, 0.1) is 29.1 Å². The Morgan fingerprint density at radius 3 is 3.06 bits per heavy atom. The van der Waals surface area contributed by atoms with Gasteiger partial charge in [0.25, 0.3) is 0 Å². The van der Waals surface area contributed by atoms with Crippen LogP contribution in [0.25, 0.3) is 0 Å². The van der Waals surface area contributed by atoms with E-state index in [1.165, 1.54) is 0 Å². The number of aromatic nitrogens is 2. The van der Waals surface area contributed by atoms with Crippen LogP contribution in [0.4, 0.5) is 0 Å². The van der Waals surface area contributed by atoms with E-state index in [-0.39, 0.29) is 12.1 Å². The summed E-state index contributed by atoms with van der Waals surface area (Å²) < 4.78 is 7.83. The minimum Gasteiger partial charge on any atom is -0.376 e. The SMILES string of the molecule is CCCn1ncc(Cl)c1C(NCC)C1CCCO1. The van der Waals surface area contributed by atoms with Crippen LogP contribution in [0.15, 0.2) is 6.20 Å². The molecule has 1 aliphatic heterocycles. The standard InChI is InChI=1S/C13H22ClN3O/c1-3-7-17-13(10(14)9-16-17)12(15-4-2)11-6-5-8-18-11/h9,11-12,15H,3-8H2,1-2H3. The molecular weight excluding hydrogens is 250 g/mol. The lowest BCUT2D eigenvalue weighted by atomic mass is 10.0. The van der Waals surface area contributed by atoms with E-state index in [2.05, 4.69) is 24.3 Å². The van der Waals surface area contributed by atoms with Gasteiger partial charge in [-0.3, -0.25) is 4.68 Å². The molecule has 1 aliphatic rings. The summed E-state index contributed by atoms with van der Waals surface area (Å²) in [6.45, 7) is 6.91. The summed E-state index contributed by atoms with van der Waals surface area (Å²) in [5.41, 5.74) is 1.08. The minimum absolute atomic E-state index is 0.152. The van der Waals surface area contributed by atoms with Crippen LogP contribution in [0.1, 0.15) is 44.8 Å². The molecule has 0 aliphatic carbocycles. The Kier molecular flexibility index (Phi) is 5.03. The zero-order chi connectivity index (χ0) is 13.0. The Labute approximate surface area is 114 Å². The predicted molar refractivity (Wildman–Crippen MR) is 72.9 cm³/mol. The molecule has 2 atom stereocenters. The molecule has 2 unspecified atom stereocenters. The molecule has 102 valence electrons. The maximum Gasteiger partial charge on any atom is 0.0835 e. The summed E-state index contributed by atoms with van der Waals surface area (Å²) >= 11 is 6.31. The third kappa shape index (κ3) is 2.87. The van der Waals surface area contributed by atoms with Crippen molar-refractivity contribution in [2.24, 2.45) is 0 Å². The molecule has 18 heavy (non-hydrogen) atoms. The Morgan fingerprint density at radius 1 is 1.61 bits per heavy atom. The highest BCUT2D eigenvalue weighted by Gasteiger charge is 2.30. The van der Waals surface area contributed by atoms with E-state index in [0.717, 1.165) is 49.7 Å². The quantitative estimate of drug-likeness (QED) is 0.865. The molecule has 2 heterocycles. The van der Waals surface area contributed by atoms with Crippen molar-refractivity contribution in [2.75, 3.05) is 13.2 Å². The lowest BCUT2D eigenvalue weighted by Crippen LogP contribution is -2.33. The normalized spacial score (nSPS) is 21.4. The van der Waals surface area contributed by atoms with Crippen molar-refractivity contribution < 1.29 is 4.74 Å². The summed E-state index contributed by atoms with van der Waals surface area (Å²) in [6.07, 6.45) is 5.23. The molecule has 0 bridgehead atoms. The Bertz CT molecular complexity index is 374. The van der Waals surface area contributed by atoms with Crippen LogP contribution in [0.3, 0.4) is 0 Å². The van der Waals surface area contributed by atoms with Gasteiger partial charge in [0, 0.05) is 13.2 Å². The molecule has 0 aromatic carbocycles. The second-order valence-electron chi connectivity index (χ2n) is 4.69. The summed E-state index contributed by atoms with van der Waals surface area (Å²) in [4.78, 5) is 0. The zero-order valence-electron chi connectivity index (χ0n) is 11.2. The van der Waals surface area contributed by atoms with Gasteiger partial charge in [0.15, 0.2) is 0 Å². The number of halogens is 1. The van der Waals surface area contributed by atoms with E-state index < -0.39 is 0 Å². The Morgan fingerprint density at radius 2 is 2.44 bits per heavy atom. The van der Waals surface area contributed by atoms with Crippen LogP contribution in [0.2, 0.25) is 5.02 Å². The van der Waals surface area contributed by atoms with Gasteiger partial charge in [-0.25, -0.2) is 0 Å². The van der Waals surface area contributed by atoms with Gasteiger partial charge in [-0.2, -0.15) is 5.10 Å². The molecule has 1 N–H and O–H groups in total. The van der Waals surface area contributed by atoms with Crippen LogP contribution in [0.5, 0.6) is 0 Å². The van der Waals surface area contributed by atoms with Gasteiger partial charge in [0.2, 0.25) is 0 Å².